The lowest BCUT2D eigenvalue weighted by Gasteiger charge is -2.35. The highest BCUT2D eigenvalue weighted by molar-refractivity contribution is 7.86. The van der Waals surface area contributed by atoms with E-state index in [1.807, 2.05) is 0 Å². The van der Waals surface area contributed by atoms with Crippen molar-refractivity contribution in [3.8, 4) is 0 Å². The fraction of sp³-hybridized carbons (Fsp3) is 1.00. The van der Waals surface area contributed by atoms with Crippen LogP contribution in [0.15, 0.2) is 0 Å². The van der Waals surface area contributed by atoms with Gasteiger partial charge in [0.15, 0.2) is 0 Å². The first-order valence-electron chi connectivity index (χ1n) is 6.75. The molecule has 2 fully saturated rings. The van der Waals surface area contributed by atoms with E-state index in [2.05, 4.69) is 5.32 Å². The minimum Gasteiger partial charge on any atom is -0.395 e. The summed E-state index contributed by atoms with van der Waals surface area (Å²) in [6, 6.07) is -0.243. The number of rotatable bonds is 3. The number of aliphatic hydroxyl groups is 1. The van der Waals surface area contributed by atoms with Crippen LogP contribution in [-0.4, -0.2) is 67.5 Å². The van der Waals surface area contributed by atoms with Gasteiger partial charge in [-0.05, 0) is 12.8 Å². The van der Waals surface area contributed by atoms with Crippen molar-refractivity contribution >= 4 is 10.2 Å². The lowest BCUT2D eigenvalue weighted by Crippen LogP contribution is -2.54. The Morgan fingerprint density at radius 1 is 1.11 bits per heavy atom. The molecule has 7 heteroatoms. The van der Waals surface area contributed by atoms with Gasteiger partial charge in [0.05, 0.1) is 6.61 Å². The van der Waals surface area contributed by atoms with Gasteiger partial charge in [-0.1, -0.05) is 12.8 Å². The van der Waals surface area contributed by atoms with Gasteiger partial charge in [0.2, 0.25) is 0 Å². The summed E-state index contributed by atoms with van der Waals surface area (Å²) in [5.74, 6) is 0. The normalized spacial score (nSPS) is 29.1. The number of nitrogens with one attached hydrogen (secondary N) is 1. The number of aliphatic hydroxyl groups excluding tert-OH is 1. The summed E-state index contributed by atoms with van der Waals surface area (Å²) in [4.78, 5) is 0. The van der Waals surface area contributed by atoms with Crippen LogP contribution in [0.5, 0.6) is 0 Å². The molecule has 2 heterocycles. The summed E-state index contributed by atoms with van der Waals surface area (Å²) in [5, 5.41) is 12.6. The molecule has 2 rings (SSSR count). The summed E-state index contributed by atoms with van der Waals surface area (Å²) < 4.78 is 28.2. The van der Waals surface area contributed by atoms with Crippen LogP contribution in [0.3, 0.4) is 0 Å². The SMILES string of the molecule is O=S(=O)(N1CCNCC1)N1CCCCCC1CO. The molecule has 0 bridgehead atoms. The van der Waals surface area contributed by atoms with Gasteiger partial charge in [-0.15, -0.1) is 0 Å². The van der Waals surface area contributed by atoms with Gasteiger partial charge in [0.1, 0.15) is 0 Å². The first kappa shape index (κ1) is 14.2. The van der Waals surface area contributed by atoms with Crippen LogP contribution < -0.4 is 5.32 Å². The second-order valence-corrected chi connectivity index (χ2v) is 6.83. The molecular formula is C11H23N3O3S. The molecule has 0 amide bonds. The average Bonchev–Trinajstić information content (AvgIpc) is 2.65. The number of hydrogen-bond donors (Lipinski definition) is 2. The first-order chi connectivity index (χ1) is 8.66. The van der Waals surface area contributed by atoms with Crippen LogP contribution in [-0.2, 0) is 10.2 Å². The summed E-state index contributed by atoms with van der Waals surface area (Å²) >= 11 is 0. The van der Waals surface area contributed by atoms with Crippen molar-refractivity contribution in [2.45, 2.75) is 31.7 Å². The zero-order chi connectivity index (χ0) is 13.0. The van der Waals surface area contributed by atoms with Gasteiger partial charge in [-0.2, -0.15) is 17.0 Å². The van der Waals surface area contributed by atoms with Crippen LogP contribution in [0, 0.1) is 0 Å². The van der Waals surface area contributed by atoms with Crippen LogP contribution >= 0.6 is 0 Å². The molecule has 2 saturated heterocycles. The Labute approximate surface area is 109 Å². The maximum Gasteiger partial charge on any atom is 0.282 e. The molecule has 0 radical (unpaired) electrons. The average molecular weight is 277 g/mol. The third-order valence-corrected chi connectivity index (χ3v) is 5.82. The van der Waals surface area contributed by atoms with Gasteiger partial charge in [0, 0.05) is 38.8 Å². The first-order valence-corrected chi connectivity index (χ1v) is 8.14. The monoisotopic (exact) mass is 277 g/mol. The topological polar surface area (TPSA) is 72.9 Å². The molecule has 1 unspecified atom stereocenters. The minimum absolute atomic E-state index is 0.0781. The fourth-order valence-electron chi connectivity index (χ4n) is 2.66. The zero-order valence-corrected chi connectivity index (χ0v) is 11.5. The van der Waals surface area contributed by atoms with Gasteiger partial charge in [0.25, 0.3) is 10.2 Å². The Balaban J connectivity index is 2.14. The van der Waals surface area contributed by atoms with E-state index in [0.717, 1.165) is 25.7 Å². The maximum absolute atomic E-state index is 12.6. The zero-order valence-electron chi connectivity index (χ0n) is 10.7. The Kier molecular flexibility index (Phi) is 4.97. The van der Waals surface area contributed by atoms with E-state index in [1.165, 1.54) is 8.61 Å². The highest BCUT2D eigenvalue weighted by atomic mass is 32.2. The van der Waals surface area contributed by atoms with Crippen LogP contribution in [0.2, 0.25) is 0 Å². The standard InChI is InChI=1S/C11H23N3O3S/c15-10-11-4-2-1-3-7-14(11)18(16,17)13-8-5-12-6-9-13/h11-12,15H,1-10H2. The van der Waals surface area contributed by atoms with Gasteiger partial charge in [-0.3, -0.25) is 0 Å². The Morgan fingerprint density at radius 3 is 2.50 bits per heavy atom. The lowest BCUT2D eigenvalue weighted by atomic mass is 10.1. The van der Waals surface area contributed by atoms with E-state index in [-0.39, 0.29) is 12.6 Å². The highest BCUT2D eigenvalue weighted by Gasteiger charge is 2.35. The predicted octanol–water partition coefficient (Wildman–Crippen LogP) is -0.627. The quantitative estimate of drug-likeness (QED) is 0.721. The summed E-state index contributed by atoms with van der Waals surface area (Å²) in [6.45, 7) is 2.92. The van der Waals surface area contributed by atoms with E-state index in [4.69, 9.17) is 0 Å². The molecule has 1 atom stereocenters. The van der Waals surface area contributed by atoms with Gasteiger partial charge in [-0.25, -0.2) is 0 Å². The second-order valence-electron chi connectivity index (χ2n) is 4.95. The predicted molar refractivity (Wildman–Crippen MR) is 69.4 cm³/mol. The van der Waals surface area contributed by atoms with Crippen molar-refractivity contribution in [2.75, 3.05) is 39.3 Å². The van der Waals surface area contributed by atoms with Crippen molar-refractivity contribution in [3.63, 3.8) is 0 Å². The maximum atomic E-state index is 12.6. The Morgan fingerprint density at radius 2 is 1.83 bits per heavy atom. The third kappa shape index (κ3) is 3.03. The molecule has 0 saturated carbocycles. The lowest BCUT2D eigenvalue weighted by molar-refractivity contribution is 0.177. The van der Waals surface area contributed by atoms with E-state index in [1.54, 1.807) is 0 Å². The number of piperazine rings is 1. The van der Waals surface area contributed by atoms with Gasteiger partial charge < -0.3 is 10.4 Å². The molecule has 0 spiro atoms. The van der Waals surface area contributed by atoms with E-state index in [9.17, 15) is 13.5 Å². The van der Waals surface area contributed by atoms with Crippen molar-refractivity contribution in [2.24, 2.45) is 0 Å². The van der Waals surface area contributed by atoms with Crippen LogP contribution in [0.4, 0.5) is 0 Å². The summed E-state index contributed by atoms with van der Waals surface area (Å²) in [6.07, 6.45) is 3.70. The van der Waals surface area contributed by atoms with Gasteiger partial charge >= 0.3 is 0 Å². The largest absolute Gasteiger partial charge is 0.395 e. The third-order valence-electron chi connectivity index (χ3n) is 3.73. The summed E-state index contributed by atoms with van der Waals surface area (Å²) in [5.41, 5.74) is 0. The van der Waals surface area contributed by atoms with E-state index in [0.29, 0.717) is 32.7 Å². The molecule has 106 valence electrons. The molecular weight excluding hydrogens is 254 g/mol. The Bertz CT molecular complexity index is 355. The minimum atomic E-state index is -3.40. The van der Waals surface area contributed by atoms with Crippen molar-refractivity contribution < 1.29 is 13.5 Å². The Hall–Kier alpha value is -0.210. The highest BCUT2D eigenvalue weighted by Crippen LogP contribution is 2.22. The smallest absolute Gasteiger partial charge is 0.282 e. The van der Waals surface area contributed by atoms with Crippen LogP contribution in [0.1, 0.15) is 25.7 Å². The molecule has 2 aliphatic heterocycles. The molecule has 0 aromatic rings. The number of nitrogens with zero attached hydrogens (tertiary/aromatic N) is 2. The molecule has 6 nitrogen and oxygen atoms in total. The van der Waals surface area contributed by atoms with Crippen LogP contribution in [0.25, 0.3) is 0 Å². The summed E-state index contributed by atoms with van der Waals surface area (Å²) in [7, 11) is -3.40. The van der Waals surface area contributed by atoms with Crippen molar-refractivity contribution in [1.29, 1.82) is 0 Å². The van der Waals surface area contributed by atoms with E-state index < -0.39 is 10.2 Å². The van der Waals surface area contributed by atoms with Crippen molar-refractivity contribution in [1.82, 2.24) is 13.9 Å². The molecule has 2 aliphatic rings. The molecule has 0 aromatic heterocycles. The van der Waals surface area contributed by atoms with Crippen molar-refractivity contribution in [3.05, 3.63) is 0 Å². The number of hydrogen-bond acceptors (Lipinski definition) is 4. The molecule has 18 heavy (non-hydrogen) atoms. The molecule has 0 aliphatic carbocycles. The van der Waals surface area contributed by atoms with E-state index >= 15 is 0 Å². The molecule has 2 N–H and O–H groups in total. The molecule has 0 aromatic carbocycles. The second kappa shape index (κ2) is 6.29. The fourth-order valence-corrected chi connectivity index (χ4v) is 4.51.